The molecule has 0 fully saturated rings. The van der Waals surface area contributed by atoms with Gasteiger partial charge in [0.1, 0.15) is 5.82 Å². The van der Waals surface area contributed by atoms with Crippen molar-refractivity contribution in [2.45, 2.75) is 0 Å². The molecule has 0 atom stereocenters. The number of nitrogens with zero attached hydrogens (tertiary/aromatic N) is 5. The molecule has 0 saturated carbocycles. The minimum Gasteiger partial charge on any atom is -0.292 e. The molecule has 2 heterocycles. The molecule has 7 aromatic carbocycles. The lowest BCUT2D eigenvalue weighted by molar-refractivity contribution is 1.07. The standard InChI is InChI=1S/C46H31N5/c1-4-17-32(18-5-1)37-25-10-12-27-39(37)44-48-43(49-45(50-44)40-28-13-11-26-38(40)33-19-6-2-7-20-33)35-23-16-24-36(31-35)51-42-30-15-14-29-41(42)47-46(51)34-21-8-3-9-22-34/h1-31H. The SMILES string of the molecule is c1ccc(-c2ccccc2-c2nc(-c3cccc(-n4c(-c5ccccc5)nc5ccccc54)c3)nc(-c3ccccc3-c3ccccc3)n2)cc1. The van der Waals surface area contributed by atoms with Crippen molar-refractivity contribution in [2.75, 3.05) is 0 Å². The smallest absolute Gasteiger partial charge is 0.164 e. The topological polar surface area (TPSA) is 56.5 Å². The Labute approximate surface area is 296 Å². The maximum Gasteiger partial charge on any atom is 0.164 e. The van der Waals surface area contributed by atoms with Crippen LogP contribution in [0.5, 0.6) is 0 Å². The molecular formula is C46H31N5. The Morgan fingerprint density at radius 2 is 0.765 bits per heavy atom. The van der Waals surface area contributed by atoms with Gasteiger partial charge in [-0.1, -0.05) is 164 Å². The second kappa shape index (κ2) is 13.1. The maximum absolute atomic E-state index is 5.21. The molecule has 0 spiro atoms. The van der Waals surface area contributed by atoms with Crippen molar-refractivity contribution in [3.63, 3.8) is 0 Å². The third-order valence-corrected chi connectivity index (χ3v) is 9.10. The molecular weight excluding hydrogens is 623 g/mol. The molecule has 0 radical (unpaired) electrons. The van der Waals surface area contributed by atoms with Crippen molar-refractivity contribution >= 4 is 11.0 Å². The Morgan fingerprint density at radius 3 is 1.35 bits per heavy atom. The van der Waals surface area contributed by atoms with E-state index in [1.54, 1.807) is 0 Å². The zero-order chi connectivity index (χ0) is 34.0. The summed E-state index contributed by atoms with van der Waals surface area (Å²) in [5.41, 5.74) is 11.0. The van der Waals surface area contributed by atoms with Crippen molar-refractivity contribution in [3.8, 4) is 73.5 Å². The molecule has 5 nitrogen and oxygen atoms in total. The molecule has 5 heteroatoms. The van der Waals surface area contributed by atoms with E-state index in [9.17, 15) is 0 Å². The number of fused-ring (bicyclic) bond motifs is 1. The van der Waals surface area contributed by atoms with Crippen molar-refractivity contribution in [2.24, 2.45) is 0 Å². The van der Waals surface area contributed by atoms with Gasteiger partial charge in [0.05, 0.1) is 11.0 Å². The van der Waals surface area contributed by atoms with E-state index in [1.165, 1.54) is 0 Å². The fourth-order valence-electron chi connectivity index (χ4n) is 6.69. The van der Waals surface area contributed by atoms with Gasteiger partial charge in [0.2, 0.25) is 0 Å². The Morgan fingerprint density at radius 1 is 0.314 bits per heavy atom. The molecule has 9 aromatic rings. The second-order valence-corrected chi connectivity index (χ2v) is 12.3. The first-order chi connectivity index (χ1) is 25.3. The van der Waals surface area contributed by atoms with Crippen LogP contribution in [0.25, 0.3) is 84.5 Å². The van der Waals surface area contributed by atoms with Crippen LogP contribution in [0.4, 0.5) is 0 Å². The third kappa shape index (κ3) is 5.77. The highest BCUT2D eigenvalue weighted by Gasteiger charge is 2.19. The summed E-state index contributed by atoms with van der Waals surface area (Å²) in [6.07, 6.45) is 0. The molecule has 0 saturated heterocycles. The third-order valence-electron chi connectivity index (χ3n) is 9.10. The van der Waals surface area contributed by atoms with Crippen LogP contribution in [0.15, 0.2) is 188 Å². The first-order valence-corrected chi connectivity index (χ1v) is 17.0. The Hall–Kier alpha value is -6.98. The average molecular weight is 654 g/mol. The molecule has 0 unspecified atom stereocenters. The predicted octanol–water partition coefficient (Wildman–Crippen LogP) is 11.2. The second-order valence-electron chi connectivity index (χ2n) is 12.3. The van der Waals surface area contributed by atoms with E-state index < -0.39 is 0 Å². The summed E-state index contributed by atoms with van der Waals surface area (Å²) in [4.78, 5) is 20.7. The number of para-hydroxylation sites is 2. The number of hydrogen-bond donors (Lipinski definition) is 0. The summed E-state index contributed by atoms with van der Waals surface area (Å²) in [6.45, 7) is 0. The van der Waals surface area contributed by atoms with Crippen LogP contribution in [0.3, 0.4) is 0 Å². The van der Waals surface area contributed by atoms with Gasteiger partial charge in [0.15, 0.2) is 17.5 Å². The minimum atomic E-state index is 0.591. The number of aromatic nitrogens is 5. The van der Waals surface area contributed by atoms with Crippen LogP contribution >= 0.6 is 0 Å². The lowest BCUT2D eigenvalue weighted by Crippen LogP contribution is -2.03. The number of benzene rings is 7. The molecule has 0 aliphatic heterocycles. The van der Waals surface area contributed by atoms with Crippen LogP contribution in [-0.2, 0) is 0 Å². The van der Waals surface area contributed by atoms with Gasteiger partial charge in [-0.2, -0.15) is 0 Å². The summed E-state index contributed by atoms with van der Waals surface area (Å²) in [5.74, 6) is 2.69. The molecule has 0 N–H and O–H groups in total. The molecule has 0 bridgehead atoms. The molecule has 0 aliphatic carbocycles. The summed E-state index contributed by atoms with van der Waals surface area (Å²) in [5, 5.41) is 0. The Kier molecular flexibility index (Phi) is 7.76. The van der Waals surface area contributed by atoms with Crippen molar-refractivity contribution in [1.29, 1.82) is 0 Å². The van der Waals surface area contributed by atoms with Gasteiger partial charge >= 0.3 is 0 Å². The van der Waals surface area contributed by atoms with Crippen LogP contribution in [0.2, 0.25) is 0 Å². The molecule has 0 aliphatic rings. The highest BCUT2D eigenvalue weighted by molar-refractivity contribution is 5.86. The van der Waals surface area contributed by atoms with E-state index in [0.717, 1.165) is 67.1 Å². The van der Waals surface area contributed by atoms with Gasteiger partial charge in [-0.05, 0) is 46.5 Å². The first kappa shape index (κ1) is 30.1. The zero-order valence-corrected chi connectivity index (χ0v) is 27.6. The highest BCUT2D eigenvalue weighted by atomic mass is 15.1. The summed E-state index contributed by atoms with van der Waals surface area (Å²) >= 11 is 0. The van der Waals surface area contributed by atoms with Gasteiger partial charge in [0.25, 0.3) is 0 Å². The van der Waals surface area contributed by atoms with E-state index in [-0.39, 0.29) is 0 Å². The van der Waals surface area contributed by atoms with Crippen LogP contribution in [0, 0.1) is 0 Å². The normalized spacial score (nSPS) is 11.1. The average Bonchev–Trinajstić information content (AvgIpc) is 3.62. The van der Waals surface area contributed by atoms with Crippen molar-refractivity contribution in [3.05, 3.63) is 188 Å². The van der Waals surface area contributed by atoms with Gasteiger partial charge in [0, 0.05) is 27.9 Å². The fraction of sp³-hybridized carbons (Fsp3) is 0. The predicted molar refractivity (Wildman–Crippen MR) is 207 cm³/mol. The van der Waals surface area contributed by atoms with E-state index in [4.69, 9.17) is 19.9 Å². The first-order valence-electron chi connectivity index (χ1n) is 17.0. The van der Waals surface area contributed by atoms with Gasteiger partial charge in [-0.15, -0.1) is 0 Å². The summed E-state index contributed by atoms with van der Waals surface area (Å²) < 4.78 is 2.21. The van der Waals surface area contributed by atoms with E-state index in [0.29, 0.717) is 17.5 Å². The maximum atomic E-state index is 5.21. The summed E-state index contributed by atoms with van der Waals surface area (Å²) in [6, 6.07) is 64.4. The number of hydrogen-bond acceptors (Lipinski definition) is 4. The molecule has 9 rings (SSSR count). The quantitative estimate of drug-likeness (QED) is 0.172. The lowest BCUT2D eigenvalue weighted by atomic mass is 9.98. The van der Waals surface area contributed by atoms with Crippen molar-refractivity contribution in [1.82, 2.24) is 24.5 Å². The van der Waals surface area contributed by atoms with Crippen LogP contribution in [0.1, 0.15) is 0 Å². The highest BCUT2D eigenvalue weighted by Crippen LogP contribution is 2.36. The zero-order valence-electron chi connectivity index (χ0n) is 27.6. The van der Waals surface area contributed by atoms with Gasteiger partial charge < -0.3 is 0 Å². The monoisotopic (exact) mass is 653 g/mol. The Balaban J connectivity index is 1.27. The molecule has 2 aromatic heterocycles. The van der Waals surface area contributed by atoms with Crippen LogP contribution < -0.4 is 0 Å². The van der Waals surface area contributed by atoms with Gasteiger partial charge in [-0.3, -0.25) is 4.57 Å². The fourth-order valence-corrected chi connectivity index (χ4v) is 6.69. The largest absolute Gasteiger partial charge is 0.292 e. The van der Waals surface area contributed by atoms with E-state index >= 15 is 0 Å². The molecule has 240 valence electrons. The number of imidazole rings is 1. The Bertz CT molecular complexity index is 2530. The lowest BCUT2D eigenvalue weighted by Gasteiger charge is -2.15. The summed E-state index contributed by atoms with van der Waals surface area (Å²) in [7, 11) is 0. The van der Waals surface area contributed by atoms with Crippen molar-refractivity contribution < 1.29 is 0 Å². The number of rotatable bonds is 7. The van der Waals surface area contributed by atoms with Gasteiger partial charge in [-0.25, -0.2) is 19.9 Å². The van der Waals surface area contributed by atoms with E-state index in [1.807, 2.05) is 48.5 Å². The minimum absolute atomic E-state index is 0.591. The van der Waals surface area contributed by atoms with E-state index in [2.05, 4.69) is 144 Å². The molecule has 51 heavy (non-hydrogen) atoms. The molecule has 0 amide bonds. The van der Waals surface area contributed by atoms with Crippen LogP contribution in [-0.4, -0.2) is 24.5 Å².